The fourth-order valence-electron chi connectivity index (χ4n) is 5.28. The Morgan fingerprint density at radius 3 is 2.28 bits per heavy atom. The molecule has 0 saturated carbocycles. The van der Waals surface area contributed by atoms with Gasteiger partial charge in [-0.2, -0.15) is 4.90 Å². The molecule has 43 heavy (non-hydrogen) atoms. The molecule has 3 aliphatic heterocycles. The Kier molecular flexibility index (Phi) is 7.18. The van der Waals surface area contributed by atoms with Gasteiger partial charge in [0.2, 0.25) is 11.6 Å². The van der Waals surface area contributed by atoms with Gasteiger partial charge in [-0.05, 0) is 12.1 Å². The molecule has 3 amide bonds. The third kappa shape index (κ3) is 4.77. The highest BCUT2D eigenvalue weighted by Gasteiger charge is 2.72. The van der Waals surface area contributed by atoms with E-state index in [1.54, 1.807) is 6.07 Å². The lowest BCUT2D eigenvalue weighted by Crippen LogP contribution is -2.84. The van der Waals surface area contributed by atoms with Crippen LogP contribution in [0.5, 0.6) is 0 Å². The maximum Gasteiger partial charge on any atom is 0.353 e. The van der Waals surface area contributed by atoms with Crippen molar-refractivity contribution in [3.05, 3.63) is 64.5 Å². The van der Waals surface area contributed by atoms with E-state index in [0.29, 0.717) is 19.1 Å². The number of carbonyl (C=O) groups is 3. The second-order valence-corrected chi connectivity index (χ2v) is 10.7. The Bertz CT molecular complexity index is 1490. The summed E-state index contributed by atoms with van der Waals surface area (Å²) in [5.41, 5.74) is -4.99. The number of fused-ring (bicyclic) bond motifs is 1. The Labute approximate surface area is 242 Å². The molecule has 3 heterocycles. The molecule has 2 atom stereocenters. The average Bonchev–Trinajstić information content (AvgIpc) is 3.25. The summed E-state index contributed by atoms with van der Waals surface area (Å²) in [6.45, 7) is -1.53. The first-order valence-corrected chi connectivity index (χ1v) is 12.9. The van der Waals surface area contributed by atoms with E-state index in [9.17, 15) is 55.2 Å². The van der Waals surface area contributed by atoms with Crippen molar-refractivity contribution in [3.63, 3.8) is 0 Å². The zero-order valence-corrected chi connectivity index (χ0v) is 22.5. The fraction of sp³-hybridized carbons (Fsp3) is 0.400. The molecule has 3 aliphatic rings. The van der Waals surface area contributed by atoms with Crippen LogP contribution in [0, 0.1) is 5.82 Å². The predicted octanol–water partition coefficient (Wildman–Crippen LogP) is -4.45. The Morgan fingerprint density at radius 2 is 1.60 bits per heavy atom. The van der Waals surface area contributed by atoms with Gasteiger partial charge in [0.25, 0.3) is 17.7 Å². The number of ether oxygens (including phenoxy) is 1. The number of carbonyl (C=O) groups excluding carboxylic acids is 3. The summed E-state index contributed by atoms with van der Waals surface area (Å²) in [5, 5.41) is 87.4. The largest absolute Gasteiger partial charge is 0.381 e. The standard InChI is InChI=1S/C25H28BFN4O12/c26-22(36)23(37,38)31(24(39,40)25(41,42)43-22)10-13-4-1-3-12(18(13)27)9-28-16-6-2-5-14-15(16)11-30(19(14)33)21(35)8-7-17(32)29-20(21)34/h1-6,28,35-42H,7-11,26H2,(H,29,32,34). The van der Waals surface area contributed by atoms with Crippen LogP contribution in [0.1, 0.15) is 39.9 Å². The first-order chi connectivity index (χ1) is 19.8. The lowest BCUT2D eigenvalue weighted by Gasteiger charge is -2.56. The molecule has 0 radical (unpaired) electrons. The van der Waals surface area contributed by atoms with Crippen LogP contribution in [-0.2, 0) is 34.0 Å². The number of piperidine rings is 1. The van der Waals surface area contributed by atoms with E-state index in [1.807, 2.05) is 5.32 Å². The zero-order valence-electron chi connectivity index (χ0n) is 22.5. The summed E-state index contributed by atoms with van der Waals surface area (Å²) in [6.07, 6.45) is -0.472. The van der Waals surface area contributed by atoms with Crippen molar-refractivity contribution in [2.45, 2.75) is 61.7 Å². The molecule has 2 aromatic carbocycles. The van der Waals surface area contributed by atoms with Crippen LogP contribution in [0.3, 0.4) is 0 Å². The molecule has 0 bridgehead atoms. The SMILES string of the molecule is BC1(O)OC(O)(O)C(O)(O)N(Cc2cccc(CNc3cccc4c3CN(C3(O)CCC(=O)NC3=O)C4=O)c2F)C1(O)O. The van der Waals surface area contributed by atoms with Gasteiger partial charge in [0.1, 0.15) is 5.82 Å². The molecular weight excluding hydrogens is 578 g/mol. The Hall–Kier alpha value is -3.56. The highest BCUT2D eigenvalue weighted by atomic mass is 19.1. The van der Waals surface area contributed by atoms with Crippen LogP contribution in [0.15, 0.2) is 36.4 Å². The van der Waals surface area contributed by atoms with Gasteiger partial charge in [0.05, 0.1) is 6.54 Å². The number of aliphatic hydroxyl groups is 8. The summed E-state index contributed by atoms with van der Waals surface area (Å²) >= 11 is 0. The number of hydrogen-bond acceptors (Lipinski definition) is 14. The van der Waals surface area contributed by atoms with E-state index in [-0.39, 0.29) is 42.0 Å². The average molecular weight is 606 g/mol. The van der Waals surface area contributed by atoms with Gasteiger partial charge >= 0.3 is 11.9 Å². The predicted molar refractivity (Wildman–Crippen MR) is 139 cm³/mol. The molecular formula is C25H28BFN4O12. The number of nitrogens with one attached hydrogen (secondary N) is 2. The highest BCUT2D eigenvalue weighted by Crippen LogP contribution is 2.42. The number of rotatable bonds is 6. The summed E-state index contributed by atoms with van der Waals surface area (Å²) < 4.78 is 19.9. The van der Waals surface area contributed by atoms with Crippen LogP contribution in [0.4, 0.5) is 10.1 Å². The van der Waals surface area contributed by atoms with Gasteiger partial charge in [-0.1, -0.05) is 24.3 Å². The minimum absolute atomic E-state index is 0.0395. The Balaban J connectivity index is 1.38. The van der Waals surface area contributed by atoms with Crippen LogP contribution in [0.25, 0.3) is 0 Å². The first kappa shape index (κ1) is 30.9. The van der Waals surface area contributed by atoms with E-state index in [4.69, 9.17) is 0 Å². The van der Waals surface area contributed by atoms with E-state index in [0.717, 1.165) is 11.0 Å². The number of halogens is 1. The highest BCUT2D eigenvalue weighted by molar-refractivity contribution is 6.14. The van der Waals surface area contributed by atoms with Crippen molar-refractivity contribution in [2.24, 2.45) is 0 Å². The second kappa shape index (κ2) is 9.99. The van der Waals surface area contributed by atoms with Crippen LogP contribution < -0.4 is 10.6 Å². The molecule has 5 rings (SSSR count). The monoisotopic (exact) mass is 606 g/mol. The third-order valence-corrected chi connectivity index (χ3v) is 7.84. The van der Waals surface area contributed by atoms with Gasteiger partial charge in [0, 0.05) is 53.9 Å². The van der Waals surface area contributed by atoms with Gasteiger partial charge in [-0.3, -0.25) is 29.3 Å². The van der Waals surface area contributed by atoms with Crippen molar-refractivity contribution < 1.29 is 64.4 Å². The summed E-state index contributed by atoms with van der Waals surface area (Å²) in [6, 6.07) is 8.38. The van der Waals surface area contributed by atoms with Crippen LogP contribution in [-0.4, -0.2) is 105 Å². The molecule has 0 aromatic heterocycles. The van der Waals surface area contributed by atoms with Crippen molar-refractivity contribution in [1.29, 1.82) is 0 Å². The topological polar surface area (TPSA) is 253 Å². The summed E-state index contributed by atoms with van der Waals surface area (Å²) in [4.78, 5) is 37.8. The Morgan fingerprint density at radius 1 is 0.953 bits per heavy atom. The molecule has 230 valence electrons. The summed E-state index contributed by atoms with van der Waals surface area (Å²) in [7, 11) is 0.593. The number of anilines is 1. The van der Waals surface area contributed by atoms with Gasteiger partial charge in [-0.25, -0.2) is 4.39 Å². The number of imide groups is 1. The number of nitrogens with zero attached hydrogens (tertiary/aromatic N) is 2. The second-order valence-electron chi connectivity index (χ2n) is 10.7. The van der Waals surface area contributed by atoms with Gasteiger partial charge < -0.3 is 46.2 Å². The minimum atomic E-state index is -3.95. The molecule has 2 fully saturated rings. The van der Waals surface area contributed by atoms with E-state index in [2.05, 4.69) is 10.1 Å². The molecule has 0 aliphatic carbocycles. The molecule has 16 nitrogen and oxygen atoms in total. The quantitative estimate of drug-likeness (QED) is 0.0846. The van der Waals surface area contributed by atoms with Crippen LogP contribution >= 0.6 is 0 Å². The molecule has 0 spiro atoms. The molecule has 2 saturated heterocycles. The van der Waals surface area contributed by atoms with Gasteiger partial charge in [0.15, 0.2) is 13.5 Å². The minimum Gasteiger partial charge on any atom is -0.381 e. The lowest BCUT2D eigenvalue weighted by molar-refractivity contribution is -0.612. The van der Waals surface area contributed by atoms with E-state index >= 15 is 4.39 Å². The number of morpholine rings is 1. The maximum atomic E-state index is 15.6. The number of benzene rings is 2. The molecule has 10 N–H and O–H groups in total. The molecule has 2 aromatic rings. The van der Waals surface area contributed by atoms with Crippen molar-refractivity contribution in [2.75, 3.05) is 5.32 Å². The van der Waals surface area contributed by atoms with Crippen molar-refractivity contribution in [3.8, 4) is 0 Å². The van der Waals surface area contributed by atoms with Crippen molar-refractivity contribution in [1.82, 2.24) is 15.1 Å². The summed E-state index contributed by atoms with van der Waals surface area (Å²) in [5.74, 6) is -14.8. The smallest absolute Gasteiger partial charge is 0.353 e. The molecule has 18 heteroatoms. The third-order valence-electron chi connectivity index (χ3n) is 7.84. The van der Waals surface area contributed by atoms with Crippen LogP contribution in [0.2, 0.25) is 0 Å². The normalized spacial score (nSPS) is 28.0. The van der Waals surface area contributed by atoms with Crippen molar-refractivity contribution >= 4 is 31.3 Å². The number of hydrogen-bond donors (Lipinski definition) is 10. The number of amides is 3. The lowest BCUT2D eigenvalue weighted by atomic mass is 9.86. The molecule has 2 unspecified atom stereocenters. The van der Waals surface area contributed by atoms with E-state index < -0.39 is 64.9 Å². The fourth-order valence-corrected chi connectivity index (χ4v) is 5.28. The zero-order chi connectivity index (χ0) is 31.8. The van der Waals surface area contributed by atoms with Gasteiger partial charge in [-0.15, -0.1) is 0 Å². The maximum absolute atomic E-state index is 15.6. The van der Waals surface area contributed by atoms with E-state index in [1.165, 1.54) is 24.3 Å². The first-order valence-electron chi connectivity index (χ1n) is 12.9.